The van der Waals surface area contributed by atoms with Crippen LogP contribution in [0.15, 0.2) is 23.2 Å². The van der Waals surface area contributed by atoms with E-state index in [4.69, 9.17) is 9.73 Å². The molecule has 0 bridgehead atoms. The molecule has 0 aromatic heterocycles. The maximum absolute atomic E-state index is 10.2. The standard InChI is InChI=1S/C18H29N3O2S/c1-5-19-18(21-9-10-24-16(12-21)13(2)3)20-11-14-7-6-8-15(23-4)17(14)22/h6-8,13,16,22H,5,9-12H2,1-4H3,(H,19,20). The molecule has 1 unspecified atom stereocenters. The summed E-state index contributed by atoms with van der Waals surface area (Å²) in [7, 11) is 1.56. The van der Waals surface area contributed by atoms with Crippen molar-refractivity contribution >= 4 is 17.7 Å². The molecule has 0 saturated carbocycles. The first-order chi connectivity index (χ1) is 11.6. The van der Waals surface area contributed by atoms with Crippen molar-refractivity contribution in [2.75, 3.05) is 32.5 Å². The molecule has 2 rings (SSSR count). The summed E-state index contributed by atoms with van der Waals surface area (Å²) in [6, 6.07) is 5.51. The molecule has 1 aromatic carbocycles. The van der Waals surface area contributed by atoms with Gasteiger partial charge in [0.1, 0.15) is 0 Å². The summed E-state index contributed by atoms with van der Waals surface area (Å²) in [4.78, 5) is 7.08. The summed E-state index contributed by atoms with van der Waals surface area (Å²) in [5, 5.41) is 14.2. The number of ether oxygens (including phenoxy) is 1. The van der Waals surface area contributed by atoms with Crippen LogP contribution in [0.2, 0.25) is 0 Å². The van der Waals surface area contributed by atoms with Gasteiger partial charge in [-0.2, -0.15) is 11.8 Å². The molecule has 1 saturated heterocycles. The quantitative estimate of drug-likeness (QED) is 0.631. The molecule has 1 aliphatic rings. The van der Waals surface area contributed by atoms with Gasteiger partial charge in [-0.05, 0) is 18.9 Å². The molecule has 1 heterocycles. The van der Waals surface area contributed by atoms with Gasteiger partial charge in [0, 0.05) is 36.2 Å². The number of benzene rings is 1. The molecule has 0 aliphatic carbocycles. The van der Waals surface area contributed by atoms with E-state index in [1.165, 1.54) is 0 Å². The topological polar surface area (TPSA) is 57.1 Å². The minimum Gasteiger partial charge on any atom is -0.504 e. The Hall–Kier alpha value is -1.56. The van der Waals surface area contributed by atoms with E-state index in [-0.39, 0.29) is 5.75 Å². The van der Waals surface area contributed by atoms with Gasteiger partial charge < -0.3 is 20.1 Å². The third-order valence-electron chi connectivity index (χ3n) is 4.17. The van der Waals surface area contributed by atoms with E-state index < -0.39 is 0 Å². The van der Waals surface area contributed by atoms with Crippen LogP contribution in [0.5, 0.6) is 11.5 Å². The fraction of sp³-hybridized carbons (Fsp3) is 0.611. The zero-order chi connectivity index (χ0) is 17.5. The molecule has 5 nitrogen and oxygen atoms in total. The number of phenols is 1. The first kappa shape index (κ1) is 18.8. The van der Waals surface area contributed by atoms with Crippen LogP contribution in [0.3, 0.4) is 0 Å². The van der Waals surface area contributed by atoms with Gasteiger partial charge in [0.25, 0.3) is 0 Å². The molecular formula is C18H29N3O2S. The van der Waals surface area contributed by atoms with Crippen LogP contribution in [-0.4, -0.2) is 53.7 Å². The second-order valence-corrected chi connectivity index (χ2v) is 7.58. The lowest BCUT2D eigenvalue weighted by Crippen LogP contribution is -2.49. The van der Waals surface area contributed by atoms with Gasteiger partial charge in [0.15, 0.2) is 17.5 Å². The summed E-state index contributed by atoms with van der Waals surface area (Å²) in [6.07, 6.45) is 0. The number of hydrogen-bond acceptors (Lipinski definition) is 4. The smallest absolute Gasteiger partial charge is 0.194 e. The maximum Gasteiger partial charge on any atom is 0.194 e. The Kier molecular flexibility index (Phi) is 7.09. The Morgan fingerprint density at radius 1 is 1.50 bits per heavy atom. The molecule has 1 aromatic rings. The van der Waals surface area contributed by atoms with Crippen molar-refractivity contribution in [2.45, 2.75) is 32.6 Å². The fourth-order valence-corrected chi connectivity index (χ4v) is 4.02. The third-order valence-corrected chi connectivity index (χ3v) is 5.71. The number of guanidine groups is 1. The largest absolute Gasteiger partial charge is 0.504 e. The van der Waals surface area contributed by atoms with E-state index in [0.29, 0.717) is 23.5 Å². The Balaban J connectivity index is 2.13. The molecule has 0 radical (unpaired) electrons. The summed E-state index contributed by atoms with van der Waals surface area (Å²) < 4.78 is 5.17. The number of aromatic hydroxyl groups is 1. The van der Waals surface area contributed by atoms with Crippen molar-refractivity contribution in [1.29, 1.82) is 0 Å². The van der Waals surface area contributed by atoms with E-state index >= 15 is 0 Å². The van der Waals surface area contributed by atoms with Gasteiger partial charge in [-0.25, -0.2) is 4.99 Å². The highest BCUT2D eigenvalue weighted by molar-refractivity contribution is 8.00. The van der Waals surface area contributed by atoms with Crippen molar-refractivity contribution in [3.8, 4) is 11.5 Å². The third kappa shape index (κ3) is 4.72. The number of para-hydroxylation sites is 1. The Morgan fingerprint density at radius 2 is 2.29 bits per heavy atom. The van der Waals surface area contributed by atoms with Crippen molar-refractivity contribution in [1.82, 2.24) is 10.2 Å². The summed E-state index contributed by atoms with van der Waals surface area (Å²) in [5.41, 5.74) is 0.775. The van der Waals surface area contributed by atoms with Gasteiger partial charge in [0.05, 0.1) is 13.7 Å². The second kappa shape index (κ2) is 9.06. The highest BCUT2D eigenvalue weighted by atomic mass is 32.2. The predicted molar refractivity (Wildman–Crippen MR) is 102 cm³/mol. The van der Waals surface area contributed by atoms with Crippen LogP contribution >= 0.6 is 11.8 Å². The van der Waals surface area contributed by atoms with Crippen LogP contribution in [0.25, 0.3) is 0 Å². The van der Waals surface area contributed by atoms with Crippen molar-refractivity contribution in [3.63, 3.8) is 0 Å². The molecule has 1 atom stereocenters. The summed E-state index contributed by atoms with van der Waals surface area (Å²) in [6.45, 7) is 9.92. The SMILES string of the molecule is CCNC(=NCc1cccc(OC)c1O)N1CCSC(C(C)C)C1. The normalized spacial score (nSPS) is 18.8. The van der Waals surface area contributed by atoms with Crippen LogP contribution in [-0.2, 0) is 6.54 Å². The highest BCUT2D eigenvalue weighted by Crippen LogP contribution is 2.30. The van der Waals surface area contributed by atoms with E-state index in [9.17, 15) is 5.11 Å². The zero-order valence-corrected chi connectivity index (χ0v) is 15.9. The van der Waals surface area contributed by atoms with E-state index in [0.717, 1.165) is 36.9 Å². The van der Waals surface area contributed by atoms with Gasteiger partial charge >= 0.3 is 0 Å². The van der Waals surface area contributed by atoms with E-state index in [2.05, 4.69) is 42.7 Å². The van der Waals surface area contributed by atoms with Gasteiger partial charge in [0.2, 0.25) is 0 Å². The maximum atomic E-state index is 10.2. The average Bonchev–Trinajstić information content (AvgIpc) is 2.59. The average molecular weight is 352 g/mol. The van der Waals surface area contributed by atoms with Gasteiger partial charge in [-0.15, -0.1) is 0 Å². The minimum absolute atomic E-state index is 0.175. The number of nitrogens with one attached hydrogen (secondary N) is 1. The molecule has 0 amide bonds. The van der Waals surface area contributed by atoms with E-state index in [1.54, 1.807) is 13.2 Å². The number of rotatable bonds is 5. The van der Waals surface area contributed by atoms with Crippen LogP contribution in [0.1, 0.15) is 26.3 Å². The Labute approximate surface area is 149 Å². The van der Waals surface area contributed by atoms with Crippen molar-refractivity contribution in [2.24, 2.45) is 10.9 Å². The van der Waals surface area contributed by atoms with Crippen LogP contribution < -0.4 is 10.1 Å². The van der Waals surface area contributed by atoms with Crippen molar-refractivity contribution in [3.05, 3.63) is 23.8 Å². The molecule has 134 valence electrons. The monoisotopic (exact) mass is 351 g/mol. The second-order valence-electron chi connectivity index (χ2n) is 6.24. The lowest BCUT2D eigenvalue weighted by Gasteiger charge is -2.36. The van der Waals surface area contributed by atoms with Crippen molar-refractivity contribution < 1.29 is 9.84 Å². The molecule has 24 heavy (non-hydrogen) atoms. The van der Waals surface area contributed by atoms with Crippen LogP contribution in [0.4, 0.5) is 0 Å². The van der Waals surface area contributed by atoms with Gasteiger partial charge in [-0.3, -0.25) is 0 Å². The highest BCUT2D eigenvalue weighted by Gasteiger charge is 2.24. The minimum atomic E-state index is 0.175. The number of aliphatic imine (C=N–C) groups is 1. The summed E-state index contributed by atoms with van der Waals surface area (Å²) in [5.74, 6) is 3.36. The van der Waals surface area contributed by atoms with Gasteiger partial charge in [-0.1, -0.05) is 26.0 Å². The molecule has 1 aliphatic heterocycles. The Bertz CT molecular complexity index is 563. The van der Waals surface area contributed by atoms with E-state index in [1.807, 2.05) is 12.1 Å². The first-order valence-electron chi connectivity index (χ1n) is 8.56. The number of methoxy groups -OCH3 is 1. The molecule has 0 spiro atoms. The first-order valence-corrected chi connectivity index (χ1v) is 9.61. The lowest BCUT2D eigenvalue weighted by molar-refractivity contribution is 0.370. The fourth-order valence-electron chi connectivity index (χ4n) is 2.72. The predicted octanol–water partition coefficient (Wildman–Crippen LogP) is 2.94. The van der Waals surface area contributed by atoms with Crippen LogP contribution in [0, 0.1) is 5.92 Å². The number of nitrogens with zero attached hydrogens (tertiary/aromatic N) is 2. The number of phenolic OH excluding ortho intramolecular Hbond substituents is 1. The number of hydrogen-bond donors (Lipinski definition) is 2. The molecule has 1 fully saturated rings. The summed E-state index contributed by atoms with van der Waals surface area (Å²) >= 11 is 2.05. The molecule has 6 heteroatoms. The zero-order valence-electron chi connectivity index (χ0n) is 15.1. The number of thioether (sulfide) groups is 1. The molecular weight excluding hydrogens is 322 g/mol. The Morgan fingerprint density at radius 3 is 2.96 bits per heavy atom. The molecule has 2 N–H and O–H groups in total. The lowest BCUT2D eigenvalue weighted by atomic mass is 10.1.